The number of rotatable bonds is 3. The van der Waals surface area contributed by atoms with Gasteiger partial charge in [0, 0.05) is 29.2 Å². The van der Waals surface area contributed by atoms with Gasteiger partial charge in [-0.1, -0.05) is 6.07 Å². The van der Waals surface area contributed by atoms with Crippen molar-refractivity contribution in [3.63, 3.8) is 0 Å². The number of anilines is 1. The molecule has 0 bridgehead atoms. The highest BCUT2D eigenvalue weighted by atomic mass is 16.3. The molecule has 1 aromatic carbocycles. The SMILES string of the molecule is Cc1cc2c(C(=O)NC3CCNC3)c(N)n(-c3c(C)ccc(O)c3C)c2nc1C. The predicted octanol–water partition coefficient (Wildman–Crippen LogP) is 2.64. The number of phenolic OH excluding ortho intramolecular Hbond substituents is 1. The fourth-order valence-electron chi connectivity index (χ4n) is 4.08. The number of aryl methyl sites for hydroxylation is 3. The number of aromatic hydroxyl groups is 1. The molecule has 0 saturated carbocycles. The van der Waals surface area contributed by atoms with Gasteiger partial charge in [-0.3, -0.25) is 9.36 Å². The number of nitrogens with zero attached hydrogens (tertiary/aromatic N) is 2. The Balaban J connectivity index is 1.99. The number of nitrogens with two attached hydrogens (primary N) is 1. The van der Waals surface area contributed by atoms with Gasteiger partial charge in [0.05, 0.1) is 11.3 Å². The van der Waals surface area contributed by atoms with E-state index in [1.54, 1.807) is 10.6 Å². The number of nitrogen functional groups attached to an aromatic ring is 1. The number of amides is 1. The van der Waals surface area contributed by atoms with E-state index < -0.39 is 0 Å². The van der Waals surface area contributed by atoms with Crippen LogP contribution in [0.4, 0.5) is 5.82 Å². The highest BCUT2D eigenvalue weighted by Gasteiger charge is 2.27. The summed E-state index contributed by atoms with van der Waals surface area (Å²) in [6, 6.07) is 5.57. The third kappa shape index (κ3) is 3.11. The lowest BCUT2D eigenvalue weighted by atomic mass is 10.1. The average molecular weight is 393 g/mol. The van der Waals surface area contributed by atoms with Gasteiger partial charge in [0.25, 0.3) is 5.91 Å². The van der Waals surface area contributed by atoms with Crippen molar-refractivity contribution in [2.45, 2.75) is 40.2 Å². The third-order valence-electron chi connectivity index (χ3n) is 5.87. The van der Waals surface area contributed by atoms with Gasteiger partial charge in [0.15, 0.2) is 0 Å². The number of carbonyl (C=O) groups is 1. The maximum atomic E-state index is 13.2. The van der Waals surface area contributed by atoms with Crippen LogP contribution < -0.4 is 16.4 Å². The van der Waals surface area contributed by atoms with Crippen LogP contribution in [-0.2, 0) is 0 Å². The van der Waals surface area contributed by atoms with Crippen LogP contribution in [0, 0.1) is 27.7 Å². The number of nitrogens with one attached hydrogen (secondary N) is 2. The average Bonchev–Trinajstić information content (AvgIpc) is 3.26. The van der Waals surface area contributed by atoms with Gasteiger partial charge in [0.2, 0.25) is 0 Å². The zero-order valence-electron chi connectivity index (χ0n) is 17.3. The minimum absolute atomic E-state index is 0.0871. The quantitative estimate of drug-likeness (QED) is 0.547. The van der Waals surface area contributed by atoms with Crippen molar-refractivity contribution >= 4 is 22.8 Å². The van der Waals surface area contributed by atoms with Crippen LogP contribution in [0.5, 0.6) is 5.75 Å². The molecule has 0 spiro atoms. The Morgan fingerprint density at radius 3 is 2.72 bits per heavy atom. The number of phenols is 1. The zero-order valence-corrected chi connectivity index (χ0v) is 17.3. The molecule has 152 valence electrons. The van der Waals surface area contributed by atoms with Gasteiger partial charge in [-0.05, 0) is 63.9 Å². The number of benzene rings is 1. The summed E-state index contributed by atoms with van der Waals surface area (Å²) in [4.78, 5) is 18.0. The monoisotopic (exact) mass is 393 g/mol. The first-order valence-electron chi connectivity index (χ1n) is 9.88. The largest absolute Gasteiger partial charge is 0.508 e. The van der Waals surface area contributed by atoms with Crippen molar-refractivity contribution in [3.05, 3.63) is 46.1 Å². The van der Waals surface area contributed by atoms with Crippen LogP contribution in [0.3, 0.4) is 0 Å². The van der Waals surface area contributed by atoms with E-state index in [0.29, 0.717) is 22.6 Å². The molecular weight excluding hydrogens is 366 g/mol. The number of fused-ring (bicyclic) bond motifs is 1. The van der Waals surface area contributed by atoms with Crippen LogP contribution >= 0.6 is 0 Å². The maximum absolute atomic E-state index is 13.2. The normalized spacial score (nSPS) is 16.5. The summed E-state index contributed by atoms with van der Waals surface area (Å²) in [6.07, 6.45) is 0.894. The Morgan fingerprint density at radius 2 is 2.03 bits per heavy atom. The first-order chi connectivity index (χ1) is 13.8. The Bertz CT molecular complexity index is 1130. The van der Waals surface area contributed by atoms with Crippen molar-refractivity contribution in [1.29, 1.82) is 0 Å². The number of hydrogen-bond acceptors (Lipinski definition) is 5. The first kappa shape index (κ1) is 19.3. The fraction of sp³-hybridized carbons (Fsp3) is 0.364. The van der Waals surface area contributed by atoms with E-state index in [2.05, 4.69) is 10.6 Å². The lowest BCUT2D eigenvalue weighted by Crippen LogP contribution is -2.36. The second kappa shape index (κ2) is 7.08. The van der Waals surface area contributed by atoms with Crippen LogP contribution in [0.25, 0.3) is 16.7 Å². The van der Waals surface area contributed by atoms with E-state index in [4.69, 9.17) is 10.7 Å². The molecule has 1 aliphatic heterocycles. The van der Waals surface area contributed by atoms with Crippen molar-refractivity contribution in [3.8, 4) is 11.4 Å². The van der Waals surface area contributed by atoms with E-state index in [1.165, 1.54) is 0 Å². The summed E-state index contributed by atoms with van der Waals surface area (Å²) in [5.74, 6) is 0.317. The molecule has 1 saturated heterocycles. The molecule has 2 aromatic heterocycles. The van der Waals surface area contributed by atoms with Gasteiger partial charge in [-0.15, -0.1) is 0 Å². The molecule has 29 heavy (non-hydrogen) atoms. The summed E-state index contributed by atoms with van der Waals surface area (Å²) in [5, 5.41) is 17.4. The fourth-order valence-corrected chi connectivity index (χ4v) is 4.08. The molecule has 5 N–H and O–H groups in total. The lowest BCUT2D eigenvalue weighted by molar-refractivity contribution is 0.0942. The lowest BCUT2D eigenvalue weighted by Gasteiger charge is -2.16. The van der Waals surface area contributed by atoms with Gasteiger partial charge < -0.3 is 21.5 Å². The molecule has 7 heteroatoms. The number of carbonyl (C=O) groups excluding carboxylic acids is 1. The molecule has 1 aliphatic rings. The summed E-state index contributed by atoms with van der Waals surface area (Å²) in [6.45, 7) is 9.36. The summed E-state index contributed by atoms with van der Waals surface area (Å²) in [7, 11) is 0. The Labute approximate surface area is 169 Å². The molecule has 0 radical (unpaired) electrons. The number of aromatic nitrogens is 2. The highest BCUT2D eigenvalue weighted by molar-refractivity contribution is 6.12. The topological polar surface area (TPSA) is 105 Å². The first-order valence-corrected chi connectivity index (χ1v) is 9.88. The molecule has 0 aliphatic carbocycles. The number of pyridine rings is 1. The molecule has 1 fully saturated rings. The number of hydrogen-bond donors (Lipinski definition) is 4. The zero-order chi connectivity index (χ0) is 20.9. The molecule has 4 rings (SSSR count). The molecule has 1 amide bonds. The Morgan fingerprint density at radius 1 is 1.28 bits per heavy atom. The van der Waals surface area contributed by atoms with Gasteiger partial charge in [-0.25, -0.2) is 4.98 Å². The Kier molecular flexibility index (Phi) is 4.70. The minimum atomic E-state index is -0.194. The van der Waals surface area contributed by atoms with E-state index in [-0.39, 0.29) is 17.7 Å². The van der Waals surface area contributed by atoms with Crippen molar-refractivity contribution < 1.29 is 9.90 Å². The summed E-state index contributed by atoms with van der Waals surface area (Å²) < 4.78 is 1.80. The minimum Gasteiger partial charge on any atom is -0.508 e. The molecule has 1 unspecified atom stereocenters. The van der Waals surface area contributed by atoms with Crippen LogP contribution in [0.2, 0.25) is 0 Å². The summed E-state index contributed by atoms with van der Waals surface area (Å²) in [5.41, 5.74) is 11.9. The van der Waals surface area contributed by atoms with E-state index in [9.17, 15) is 9.90 Å². The third-order valence-corrected chi connectivity index (χ3v) is 5.87. The van der Waals surface area contributed by atoms with E-state index in [1.807, 2.05) is 39.8 Å². The predicted molar refractivity (Wildman–Crippen MR) is 115 cm³/mol. The second-order valence-corrected chi connectivity index (χ2v) is 7.90. The van der Waals surface area contributed by atoms with Crippen LogP contribution in [-0.4, -0.2) is 39.7 Å². The second-order valence-electron chi connectivity index (χ2n) is 7.90. The van der Waals surface area contributed by atoms with Crippen molar-refractivity contribution in [1.82, 2.24) is 20.2 Å². The standard InChI is InChI=1S/C22H27N5O2/c1-11-5-6-17(28)13(3)19(11)27-20(23)18(22(29)26-15-7-8-24-10-15)16-9-12(2)14(4)25-21(16)27/h5-6,9,15,24,28H,7-8,10,23H2,1-4H3,(H,26,29). The molecular formula is C22H27N5O2. The maximum Gasteiger partial charge on any atom is 0.255 e. The van der Waals surface area contributed by atoms with E-state index in [0.717, 1.165) is 47.4 Å². The van der Waals surface area contributed by atoms with Crippen molar-refractivity contribution in [2.75, 3.05) is 18.8 Å². The van der Waals surface area contributed by atoms with Gasteiger partial charge in [0.1, 0.15) is 17.2 Å². The molecule has 1 atom stereocenters. The van der Waals surface area contributed by atoms with Gasteiger partial charge >= 0.3 is 0 Å². The van der Waals surface area contributed by atoms with Crippen LogP contribution in [0.1, 0.15) is 39.2 Å². The molecule has 3 aromatic rings. The Hall–Kier alpha value is -3.06. The molecule has 3 heterocycles. The van der Waals surface area contributed by atoms with Gasteiger partial charge in [-0.2, -0.15) is 0 Å². The summed E-state index contributed by atoms with van der Waals surface area (Å²) >= 11 is 0. The van der Waals surface area contributed by atoms with Crippen molar-refractivity contribution in [2.24, 2.45) is 0 Å². The van der Waals surface area contributed by atoms with Crippen LogP contribution in [0.15, 0.2) is 18.2 Å². The van der Waals surface area contributed by atoms with E-state index >= 15 is 0 Å². The smallest absolute Gasteiger partial charge is 0.255 e. The molecule has 7 nitrogen and oxygen atoms in total. The highest BCUT2D eigenvalue weighted by Crippen LogP contribution is 2.36.